The van der Waals surface area contributed by atoms with Gasteiger partial charge in [0.2, 0.25) is 5.91 Å². The molecule has 0 unspecified atom stereocenters. The first kappa shape index (κ1) is 19.6. The fraction of sp³-hybridized carbons (Fsp3) is 0.391. The van der Waals surface area contributed by atoms with Gasteiger partial charge in [-0.3, -0.25) is 9.59 Å². The highest BCUT2D eigenvalue weighted by Gasteiger charge is 2.46. The number of carbonyl (C=O) groups is 2. The molecule has 2 aromatic carbocycles. The van der Waals surface area contributed by atoms with Crippen LogP contribution in [-0.2, 0) is 20.7 Å². The van der Waals surface area contributed by atoms with Gasteiger partial charge in [0.15, 0.2) is 0 Å². The van der Waals surface area contributed by atoms with E-state index in [4.69, 9.17) is 10.5 Å². The molecule has 6 heteroatoms. The lowest BCUT2D eigenvalue weighted by atomic mass is 9.79. The van der Waals surface area contributed by atoms with Crippen molar-refractivity contribution in [2.45, 2.75) is 31.8 Å². The molecule has 0 bridgehead atoms. The van der Waals surface area contributed by atoms with Gasteiger partial charge in [0.1, 0.15) is 11.9 Å². The number of hydrogen-bond acceptors (Lipinski definition) is 3. The quantitative estimate of drug-likeness (QED) is 0.845. The molecule has 0 aromatic heterocycles. The first-order valence-electron chi connectivity index (χ1n) is 10.0. The van der Waals surface area contributed by atoms with E-state index >= 15 is 0 Å². The summed E-state index contributed by atoms with van der Waals surface area (Å²) >= 11 is 0. The first-order valence-corrected chi connectivity index (χ1v) is 10.0. The number of rotatable bonds is 5. The van der Waals surface area contributed by atoms with Gasteiger partial charge < -0.3 is 15.4 Å². The monoisotopic (exact) mass is 396 g/mol. The zero-order valence-corrected chi connectivity index (χ0v) is 16.3. The van der Waals surface area contributed by atoms with E-state index in [1.54, 1.807) is 17.0 Å². The Kier molecular flexibility index (Phi) is 5.37. The Morgan fingerprint density at radius 2 is 1.97 bits per heavy atom. The molecule has 152 valence electrons. The molecule has 4 rings (SSSR count). The minimum atomic E-state index is -0.782. The smallest absolute Gasteiger partial charge is 0.251 e. The van der Waals surface area contributed by atoms with Crippen molar-refractivity contribution in [3.05, 3.63) is 59.9 Å². The van der Waals surface area contributed by atoms with Crippen LogP contribution in [0.2, 0.25) is 0 Å². The van der Waals surface area contributed by atoms with Gasteiger partial charge in [-0.15, -0.1) is 0 Å². The fourth-order valence-corrected chi connectivity index (χ4v) is 4.36. The number of hydrogen-bond donors (Lipinski definition) is 1. The molecule has 2 saturated heterocycles. The predicted octanol–water partition coefficient (Wildman–Crippen LogP) is 2.92. The summed E-state index contributed by atoms with van der Waals surface area (Å²) in [6.45, 7) is 1.45. The number of nitrogens with zero attached hydrogens (tertiary/aromatic N) is 1. The van der Waals surface area contributed by atoms with E-state index in [-0.39, 0.29) is 23.7 Å². The molecule has 2 aromatic rings. The summed E-state index contributed by atoms with van der Waals surface area (Å²) in [6, 6.07) is 14.2. The number of carbonyl (C=O) groups excluding carboxylic acids is 2. The van der Waals surface area contributed by atoms with Gasteiger partial charge in [0.05, 0.1) is 5.41 Å². The Morgan fingerprint density at radius 1 is 1.17 bits per heavy atom. The zero-order chi connectivity index (χ0) is 20.4. The van der Waals surface area contributed by atoms with Crippen molar-refractivity contribution in [3.63, 3.8) is 0 Å². The second-order valence-corrected chi connectivity index (χ2v) is 8.04. The molecule has 2 fully saturated rings. The molecule has 2 amide bonds. The number of amides is 2. The predicted molar refractivity (Wildman–Crippen MR) is 107 cm³/mol. The van der Waals surface area contributed by atoms with E-state index in [0.29, 0.717) is 32.5 Å². The minimum Gasteiger partial charge on any atom is -0.369 e. The average molecular weight is 396 g/mol. The largest absolute Gasteiger partial charge is 0.369 e. The van der Waals surface area contributed by atoms with Crippen molar-refractivity contribution < 1.29 is 18.7 Å². The molecule has 0 saturated carbocycles. The van der Waals surface area contributed by atoms with Gasteiger partial charge in [-0.1, -0.05) is 36.4 Å². The number of ether oxygens (including phenoxy) is 1. The maximum atomic E-state index is 13.2. The van der Waals surface area contributed by atoms with Crippen LogP contribution in [0.15, 0.2) is 48.5 Å². The lowest BCUT2D eigenvalue weighted by Crippen LogP contribution is -2.44. The van der Waals surface area contributed by atoms with E-state index in [1.165, 1.54) is 12.1 Å². The molecule has 2 N–H and O–H groups in total. The molecule has 0 aliphatic carbocycles. The van der Waals surface area contributed by atoms with Gasteiger partial charge in [-0.05, 0) is 54.5 Å². The van der Waals surface area contributed by atoms with Crippen LogP contribution in [0.4, 0.5) is 4.39 Å². The second-order valence-electron chi connectivity index (χ2n) is 8.04. The summed E-state index contributed by atoms with van der Waals surface area (Å²) in [5.41, 5.74) is 7.86. The second kappa shape index (κ2) is 7.95. The Bertz CT molecular complexity index is 909. The Balaban J connectivity index is 1.53. The third-order valence-corrected chi connectivity index (χ3v) is 6.04. The van der Waals surface area contributed by atoms with Crippen LogP contribution in [0.5, 0.6) is 0 Å². The van der Waals surface area contributed by atoms with Crippen molar-refractivity contribution in [1.82, 2.24) is 4.90 Å². The molecule has 2 aliphatic heterocycles. The van der Waals surface area contributed by atoms with E-state index in [2.05, 4.69) is 0 Å². The summed E-state index contributed by atoms with van der Waals surface area (Å²) in [6.07, 6.45) is 2.24. The molecular weight excluding hydrogens is 371 g/mol. The van der Waals surface area contributed by atoms with Gasteiger partial charge >= 0.3 is 0 Å². The summed E-state index contributed by atoms with van der Waals surface area (Å²) in [5, 5.41) is 0. The maximum Gasteiger partial charge on any atom is 0.251 e. The van der Waals surface area contributed by atoms with Crippen LogP contribution >= 0.6 is 0 Å². The Morgan fingerprint density at radius 3 is 2.66 bits per heavy atom. The van der Waals surface area contributed by atoms with Crippen molar-refractivity contribution in [3.8, 4) is 11.1 Å². The molecule has 2 heterocycles. The van der Waals surface area contributed by atoms with Gasteiger partial charge in [-0.2, -0.15) is 0 Å². The molecule has 5 nitrogen and oxygen atoms in total. The number of likely N-dealkylation sites (tertiary alicyclic amines) is 1. The zero-order valence-electron chi connectivity index (χ0n) is 16.3. The summed E-state index contributed by atoms with van der Waals surface area (Å²) in [5.74, 6) is -0.697. The van der Waals surface area contributed by atoms with Crippen molar-refractivity contribution in [1.29, 1.82) is 0 Å². The van der Waals surface area contributed by atoms with Gasteiger partial charge in [0.25, 0.3) is 5.91 Å². The highest BCUT2D eigenvalue weighted by molar-refractivity contribution is 5.86. The molecule has 2 atom stereocenters. The van der Waals surface area contributed by atoms with Gasteiger partial charge in [-0.25, -0.2) is 4.39 Å². The first-order chi connectivity index (χ1) is 14.0. The topological polar surface area (TPSA) is 72.6 Å². The normalized spacial score (nSPS) is 24.0. The lowest BCUT2D eigenvalue weighted by Gasteiger charge is -2.27. The van der Waals surface area contributed by atoms with Crippen LogP contribution < -0.4 is 5.73 Å². The van der Waals surface area contributed by atoms with Crippen LogP contribution in [0.25, 0.3) is 11.1 Å². The van der Waals surface area contributed by atoms with Crippen molar-refractivity contribution in [2.24, 2.45) is 11.1 Å². The summed E-state index contributed by atoms with van der Waals surface area (Å²) in [4.78, 5) is 26.8. The molecule has 0 radical (unpaired) electrons. The van der Waals surface area contributed by atoms with E-state index in [9.17, 15) is 14.0 Å². The van der Waals surface area contributed by atoms with Crippen molar-refractivity contribution in [2.75, 3.05) is 19.7 Å². The third kappa shape index (κ3) is 4.03. The lowest BCUT2D eigenvalue weighted by molar-refractivity contribution is -0.140. The Hall–Kier alpha value is -2.73. The van der Waals surface area contributed by atoms with Crippen LogP contribution in [0.1, 0.15) is 24.8 Å². The average Bonchev–Trinajstić information content (AvgIpc) is 3.39. The molecular formula is C23H25FN2O3. The number of primary amides is 1. The van der Waals surface area contributed by atoms with E-state index in [1.807, 2.05) is 24.3 Å². The highest BCUT2D eigenvalue weighted by Crippen LogP contribution is 2.36. The summed E-state index contributed by atoms with van der Waals surface area (Å²) < 4.78 is 18.7. The number of nitrogens with two attached hydrogens (primary N) is 1. The van der Waals surface area contributed by atoms with Crippen LogP contribution in [0.3, 0.4) is 0 Å². The third-order valence-electron chi connectivity index (χ3n) is 6.04. The fourth-order valence-electron chi connectivity index (χ4n) is 4.36. The summed E-state index contributed by atoms with van der Waals surface area (Å²) in [7, 11) is 0. The SMILES string of the molecule is NC(=O)[C@]1(Cc2cccc(-c3ccc(F)cc3)c2)CCN(C(=O)[C@H]2CCCO2)C1. The standard InChI is InChI=1S/C23H25FN2O3/c24-19-8-6-17(7-9-19)18-4-1-3-16(13-18)14-23(22(25)28)10-11-26(15-23)21(27)20-5-2-12-29-20/h1,3-4,6-9,13,20H,2,5,10-12,14-15H2,(H2,25,28)/t20-,23+/m1/s1. The van der Waals surface area contributed by atoms with E-state index < -0.39 is 5.41 Å². The number of benzene rings is 2. The molecule has 29 heavy (non-hydrogen) atoms. The van der Waals surface area contributed by atoms with E-state index in [0.717, 1.165) is 29.5 Å². The molecule has 2 aliphatic rings. The minimum absolute atomic E-state index is 0.0364. The number of halogens is 1. The molecule has 0 spiro atoms. The van der Waals surface area contributed by atoms with Crippen LogP contribution in [-0.4, -0.2) is 42.5 Å². The van der Waals surface area contributed by atoms with Gasteiger partial charge in [0, 0.05) is 19.7 Å². The maximum absolute atomic E-state index is 13.2. The van der Waals surface area contributed by atoms with Crippen molar-refractivity contribution >= 4 is 11.8 Å². The highest BCUT2D eigenvalue weighted by atomic mass is 19.1. The van der Waals surface area contributed by atoms with Crippen LogP contribution in [0, 0.1) is 11.2 Å². The Labute approximate surface area is 169 Å².